The number of halogens is 1. The van der Waals surface area contributed by atoms with Crippen molar-refractivity contribution in [2.75, 3.05) is 20.2 Å². The van der Waals surface area contributed by atoms with Crippen LogP contribution in [0, 0.1) is 0 Å². The monoisotopic (exact) mass is 235 g/mol. The maximum Gasteiger partial charge on any atom is 0.346 e. The SMILES string of the molecule is CCN(/C=C(\Br)C(=O)OC)CC. The van der Waals surface area contributed by atoms with Gasteiger partial charge in [-0.2, -0.15) is 0 Å². The second-order valence-corrected chi connectivity index (χ2v) is 3.04. The molecule has 0 saturated carbocycles. The number of hydrogen-bond acceptors (Lipinski definition) is 3. The van der Waals surface area contributed by atoms with Crippen LogP contribution >= 0.6 is 15.9 Å². The molecular formula is C8H14BrNO2. The molecule has 0 N–H and O–H groups in total. The highest BCUT2D eigenvalue weighted by Crippen LogP contribution is 2.08. The average molecular weight is 236 g/mol. The van der Waals surface area contributed by atoms with Crippen molar-refractivity contribution in [3.8, 4) is 0 Å². The van der Waals surface area contributed by atoms with Gasteiger partial charge in [-0.05, 0) is 29.8 Å². The number of nitrogens with zero attached hydrogens (tertiary/aromatic N) is 1. The molecule has 0 bridgehead atoms. The van der Waals surface area contributed by atoms with Gasteiger partial charge < -0.3 is 9.64 Å². The topological polar surface area (TPSA) is 29.5 Å². The number of rotatable bonds is 4. The van der Waals surface area contributed by atoms with Gasteiger partial charge in [-0.25, -0.2) is 4.79 Å². The van der Waals surface area contributed by atoms with Crippen LogP contribution in [0.5, 0.6) is 0 Å². The van der Waals surface area contributed by atoms with Crippen LogP contribution in [0.2, 0.25) is 0 Å². The van der Waals surface area contributed by atoms with Crippen LogP contribution in [0.3, 0.4) is 0 Å². The molecule has 0 aliphatic heterocycles. The maximum absolute atomic E-state index is 10.9. The van der Waals surface area contributed by atoms with Gasteiger partial charge in [0, 0.05) is 19.3 Å². The zero-order chi connectivity index (χ0) is 9.56. The van der Waals surface area contributed by atoms with Crippen molar-refractivity contribution in [3.05, 3.63) is 10.7 Å². The second kappa shape index (κ2) is 6.06. The lowest BCUT2D eigenvalue weighted by atomic mass is 10.5. The lowest BCUT2D eigenvalue weighted by Crippen LogP contribution is -2.17. The summed E-state index contributed by atoms with van der Waals surface area (Å²) in [5, 5.41) is 0. The summed E-state index contributed by atoms with van der Waals surface area (Å²) < 4.78 is 4.97. The van der Waals surface area contributed by atoms with Crippen LogP contribution in [0.25, 0.3) is 0 Å². The summed E-state index contributed by atoms with van der Waals surface area (Å²) in [5.74, 6) is -0.345. The van der Waals surface area contributed by atoms with Crippen molar-refractivity contribution in [2.45, 2.75) is 13.8 Å². The van der Waals surface area contributed by atoms with Crippen molar-refractivity contribution in [2.24, 2.45) is 0 Å². The van der Waals surface area contributed by atoms with E-state index in [1.54, 1.807) is 6.20 Å². The molecule has 0 rings (SSSR count). The van der Waals surface area contributed by atoms with Gasteiger partial charge in [0.15, 0.2) is 0 Å². The van der Waals surface area contributed by atoms with Gasteiger partial charge in [0.2, 0.25) is 0 Å². The normalized spacial score (nSPS) is 11.2. The fourth-order valence-electron chi connectivity index (χ4n) is 0.717. The first-order chi connectivity index (χ1) is 5.65. The third kappa shape index (κ3) is 3.76. The smallest absolute Gasteiger partial charge is 0.346 e. The number of carbonyl (C=O) groups excluding carboxylic acids is 1. The van der Waals surface area contributed by atoms with Gasteiger partial charge in [-0.1, -0.05) is 0 Å². The quantitative estimate of drug-likeness (QED) is 0.550. The number of hydrogen-bond donors (Lipinski definition) is 0. The third-order valence-corrected chi connectivity index (χ3v) is 2.02. The highest BCUT2D eigenvalue weighted by atomic mass is 79.9. The molecule has 0 saturated heterocycles. The Morgan fingerprint density at radius 1 is 1.50 bits per heavy atom. The first kappa shape index (κ1) is 11.5. The molecule has 0 aromatic carbocycles. The van der Waals surface area contributed by atoms with Crippen LogP contribution < -0.4 is 0 Å². The highest BCUT2D eigenvalue weighted by molar-refractivity contribution is 9.12. The number of esters is 1. The van der Waals surface area contributed by atoms with Crippen LogP contribution in [0.4, 0.5) is 0 Å². The van der Waals surface area contributed by atoms with E-state index in [2.05, 4.69) is 20.7 Å². The van der Waals surface area contributed by atoms with E-state index in [0.717, 1.165) is 13.1 Å². The molecule has 0 unspecified atom stereocenters. The first-order valence-electron chi connectivity index (χ1n) is 3.85. The Morgan fingerprint density at radius 3 is 2.33 bits per heavy atom. The van der Waals surface area contributed by atoms with E-state index < -0.39 is 0 Å². The van der Waals surface area contributed by atoms with Crippen LogP contribution in [-0.4, -0.2) is 31.1 Å². The zero-order valence-corrected chi connectivity index (χ0v) is 9.22. The Balaban J connectivity index is 4.21. The second-order valence-electron chi connectivity index (χ2n) is 2.19. The van der Waals surface area contributed by atoms with Gasteiger partial charge in [0.1, 0.15) is 4.48 Å². The molecule has 70 valence electrons. The minimum absolute atomic E-state index is 0.345. The molecule has 12 heavy (non-hydrogen) atoms. The number of ether oxygens (including phenoxy) is 1. The zero-order valence-electron chi connectivity index (χ0n) is 7.63. The van der Waals surface area contributed by atoms with Crippen molar-refractivity contribution < 1.29 is 9.53 Å². The first-order valence-corrected chi connectivity index (χ1v) is 4.64. The van der Waals surface area contributed by atoms with E-state index in [0.29, 0.717) is 4.48 Å². The molecule has 3 nitrogen and oxygen atoms in total. The van der Waals surface area contributed by atoms with Gasteiger partial charge >= 0.3 is 5.97 Å². The van der Waals surface area contributed by atoms with Crippen LogP contribution in [-0.2, 0) is 9.53 Å². The highest BCUT2D eigenvalue weighted by Gasteiger charge is 2.05. The molecule has 0 fully saturated rings. The molecule has 0 aliphatic rings. The minimum atomic E-state index is -0.345. The van der Waals surface area contributed by atoms with Crippen LogP contribution in [0.15, 0.2) is 10.7 Å². The molecule has 0 amide bonds. The Morgan fingerprint density at radius 2 is 2.00 bits per heavy atom. The molecule has 4 heteroatoms. The summed E-state index contributed by atoms with van der Waals surface area (Å²) in [6, 6.07) is 0. The Hall–Kier alpha value is -0.510. The van der Waals surface area contributed by atoms with Crippen molar-refractivity contribution in [1.29, 1.82) is 0 Å². The predicted molar refractivity (Wildman–Crippen MR) is 51.9 cm³/mol. The predicted octanol–water partition coefficient (Wildman–Crippen LogP) is 1.74. The summed E-state index contributed by atoms with van der Waals surface area (Å²) in [6.45, 7) is 5.81. The van der Waals surface area contributed by atoms with Gasteiger partial charge in [0.05, 0.1) is 7.11 Å². The molecule has 0 atom stereocenters. The van der Waals surface area contributed by atoms with E-state index in [9.17, 15) is 4.79 Å². The van der Waals surface area contributed by atoms with E-state index in [1.165, 1.54) is 7.11 Å². The molecule has 0 heterocycles. The molecule has 0 radical (unpaired) electrons. The summed E-state index contributed by atoms with van der Waals surface area (Å²) in [7, 11) is 1.36. The Kier molecular flexibility index (Phi) is 5.80. The number of carbonyl (C=O) groups is 1. The minimum Gasteiger partial charge on any atom is -0.465 e. The maximum atomic E-state index is 10.9. The summed E-state index contributed by atoms with van der Waals surface area (Å²) in [5.41, 5.74) is 0. The van der Waals surface area contributed by atoms with Crippen LogP contribution in [0.1, 0.15) is 13.8 Å². The molecule has 0 aliphatic carbocycles. The molecule has 0 aromatic heterocycles. The van der Waals surface area contributed by atoms with E-state index in [4.69, 9.17) is 0 Å². The van der Waals surface area contributed by atoms with E-state index in [-0.39, 0.29) is 5.97 Å². The molecule has 0 spiro atoms. The lowest BCUT2D eigenvalue weighted by molar-refractivity contribution is -0.135. The Labute approximate surface area is 81.5 Å². The van der Waals surface area contributed by atoms with E-state index >= 15 is 0 Å². The molecule has 0 aromatic rings. The molecular weight excluding hydrogens is 222 g/mol. The van der Waals surface area contributed by atoms with Gasteiger partial charge in [0.25, 0.3) is 0 Å². The van der Waals surface area contributed by atoms with Crippen molar-refractivity contribution in [3.63, 3.8) is 0 Å². The number of methoxy groups -OCH3 is 1. The third-order valence-electron chi connectivity index (χ3n) is 1.49. The summed E-state index contributed by atoms with van der Waals surface area (Å²) in [6.07, 6.45) is 1.74. The fourth-order valence-corrected chi connectivity index (χ4v) is 1.17. The van der Waals surface area contributed by atoms with Crippen molar-refractivity contribution >= 4 is 21.9 Å². The van der Waals surface area contributed by atoms with Gasteiger partial charge in [-0.3, -0.25) is 0 Å². The summed E-state index contributed by atoms with van der Waals surface area (Å²) in [4.78, 5) is 12.9. The largest absolute Gasteiger partial charge is 0.465 e. The lowest BCUT2D eigenvalue weighted by Gasteiger charge is -2.15. The van der Waals surface area contributed by atoms with Gasteiger partial charge in [-0.15, -0.1) is 0 Å². The standard InChI is InChI=1S/C8H14BrNO2/c1-4-10(5-2)6-7(9)8(11)12-3/h6H,4-5H2,1-3H3/b7-6-. The summed E-state index contributed by atoms with van der Waals surface area (Å²) >= 11 is 3.13. The fraction of sp³-hybridized carbons (Fsp3) is 0.625. The average Bonchev–Trinajstić information content (AvgIpc) is 2.12. The van der Waals surface area contributed by atoms with E-state index in [1.807, 2.05) is 18.7 Å². The Bertz CT molecular complexity index is 176. The van der Waals surface area contributed by atoms with Crippen molar-refractivity contribution in [1.82, 2.24) is 4.90 Å².